The molecule has 0 bridgehead atoms. The van der Waals surface area contributed by atoms with Gasteiger partial charge in [0.2, 0.25) is 5.91 Å². The number of ketones is 1. The van der Waals surface area contributed by atoms with Gasteiger partial charge in [-0.3, -0.25) is 14.5 Å². The molecule has 1 unspecified atom stereocenters. The molecule has 2 rings (SSSR count). The number of halogens is 2. The fourth-order valence-electron chi connectivity index (χ4n) is 2.96. The highest BCUT2D eigenvalue weighted by atomic mass is 35.5. The molecule has 0 aliphatic carbocycles. The summed E-state index contributed by atoms with van der Waals surface area (Å²) in [4.78, 5) is 26.3. The van der Waals surface area contributed by atoms with Crippen LogP contribution in [-0.4, -0.2) is 42.8 Å². The van der Waals surface area contributed by atoms with Crippen LogP contribution in [0.2, 0.25) is 10.0 Å². The molecule has 1 aromatic carbocycles. The second-order valence-electron chi connectivity index (χ2n) is 6.75. The van der Waals surface area contributed by atoms with Gasteiger partial charge in [0.25, 0.3) is 0 Å². The zero-order valence-corrected chi connectivity index (χ0v) is 15.7. The van der Waals surface area contributed by atoms with Gasteiger partial charge in [-0.15, -0.1) is 0 Å². The van der Waals surface area contributed by atoms with Gasteiger partial charge in [-0.25, -0.2) is 0 Å². The summed E-state index contributed by atoms with van der Waals surface area (Å²) in [6.45, 7) is 6.55. The molecule has 4 nitrogen and oxygen atoms in total. The Labute approximate surface area is 153 Å². The zero-order chi connectivity index (χ0) is 17.7. The fraction of sp³-hybridized carbons (Fsp3) is 0.556. The molecule has 1 N–H and O–H groups in total. The van der Waals surface area contributed by atoms with E-state index in [0.29, 0.717) is 35.6 Å². The van der Waals surface area contributed by atoms with Crippen LogP contribution < -0.4 is 5.32 Å². The molecule has 1 amide bonds. The monoisotopic (exact) mass is 370 g/mol. The minimum atomic E-state index is -0.520. The number of carbonyl (C=O) groups is 2. The van der Waals surface area contributed by atoms with Crippen molar-refractivity contribution in [1.82, 2.24) is 10.2 Å². The number of Topliss-reactive ketones (excluding diaryl/α,β-unsaturated/α-hetero) is 1. The third-order valence-electron chi connectivity index (χ3n) is 4.07. The molecule has 1 aliphatic rings. The Morgan fingerprint density at radius 2 is 2.08 bits per heavy atom. The maximum Gasteiger partial charge on any atom is 0.231 e. The Hall–Kier alpha value is -1.10. The third kappa shape index (κ3) is 5.47. The second-order valence-corrected chi connectivity index (χ2v) is 7.56. The van der Waals surface area contributed by atoms with E-state index in [9.17, 15) is 9.59 Å². The number of hydrogen-bond acceptors (Lipinski definition) is 3. The van der Waals surface area contributed by atoms with E-state index in [1.54, 1.807) is 6.07 Å². The van der Waals surface area contributed by atoms with E-state index >= 15 is 0 Å². The average molecular weight is 371 g/mol. The molecule has 1 fully saturated rings. The lowest BCUT2D eigenvalue weighted by Gasteiger charge is -2.16. The minimum absolute atomic E-state index is 0.0256. The predicted molar refractivity (Wildman–Crippen MR) is 97.6 cm³/mol. The molecule has 1 aromatic rings. The van der Waals surface area contributed by atoms with E-state index in [-0.39, 0.29) is 11.7 Å². The molecule has 1 heterocycles. The first-order valence-electron chi connectivity index (χ1n) is 8.33. The van der Waals surface area contributed by atoms with Gasteiger partial charge in [0.15, 0.2) is 5.78 Å². The summed E-state index contributed by atoms with van der Waals surface area (Å²) < 4.78 is 0. The highest BCUT2D eigenvalue weighted by molar-refractivity contribution is 6.42. The van der Waals surface area contributed by atoms with E-state index in [4.69, 9.17) is 23.2 Å². The van der Waals surface area contributed by atoms with Crippen LogP contribution in [0.4, 0.5) is 0 Å². The molecule has 0 radical (unpaired) electrons. The number of nitrogens with one attached hydrogen (secondary N) is 1. The number of hydrogen-bond donors (Lipinski definition) is 1. The van der Waals surface area contributed by atoms with Crippen LogP contribution in [-0.2, 0) is 16.0 Å². The highest BCUT2D eigenvalue weighted by Gasteiger charge is 2.35. The first-order valence-corrected chi connectivity index (χ1v) is 9.09. The van der Waals surface area contributed by atoms with Crippen molar-refractivity contribution in [3.63, 3.8) is 0 Å². The Balaban J connectivity index is 1.73. The van der Waals surface area contributed by atoms with Gasteiger partial charge >= 0.3 is 0 Å². The van der Waals surface area contributed by atoms with Crippen LogP contribution in [0.5, 0.6) is 0 Å². The lowest BCUT2D eigenvalue weighted by molar-refractivity contribution is -0.131. The van der Waals surface area contributed by atoms with Crippen molar-refractivity contribution in [2.75, 3.05) is 26.2 Å². The molecule has 24 heavy (non-hydrogen) atoms. The molecular weight excluding hydrogens is 347 g/mol. The van der Waals surface area contributed by atoms with Gasteiger partial charge < -0.3 is 5.32 Å². The number of likely N-dealkylation sites (tertiary alicyclic amines) is 1. The Kier molecular flexibility index (Phi) is 7.08. The predicted octanol–water partition coefficient (Wildman–Crippen LogP) is 3.20. The summed E-state index contributed by atoms with van der Waals surface area (Å²) >= 11 is 11.9. The lowest BCUT2D eigenvalue weighted by Crippen LogP contribution is -2.36. The van der Waals surface area contributed by atoms with Gasteiger partial charge in [-0.05, 0) is 36.5 Å². The number of amides is 1. The number of nitrogens with zero attached hydrogens (tertiary/aromatic N) is 1. The molecule has 1 aliphatic heterocycles. The van der Waals surface area contributed by atoms with Crippen LogP contribution >= 0.6 is 23.2 Å². The third-order valence-corrected chi connectivity index (χ3v) is 4.81. The van der Waals surface area contributed by atoms with Crippen LogP contribution in [0, 0.1) is 11.8 Å². The SMILES string of the molecule is CC(C)CN1CC(=O)C(C(=O)NCCCc2ccc(Cl)c(Cl)c2)C1. The highest BCUT2D eigenvalue weighted by Crippen LogP contribution is 2.23. The summed E-state index contributed by atoms with van der Waals surface area (Å²) in [7, 11) is 0. The van der Waals surface area contributed by atoms with Gasteiger partial charge in [-0.1, -0.05) is 43.1 Å². The summed E-state index contributed by atoms with van der Waals surface area (Å²) in [5.41, 5.74) is 1.08. The van der Waals surface area contributed by atoms with E-state index in [0.717, 1.165) is 24.9 Å². The van der Waals surface area contributed by atoms with Crippen LogP contribution in [0.15, 0.2) is 18.2 Å². The molecule has 1 atom stereocenters. The average Bonchev–Trinajstić information content (AvgIpc) is 2.86. The van der Waals surface area contributed by atoms with Crippen molar-refractivity contribution >= 4 is 34.9 Å². The standard InChI is InChI=1S/C18H24Cl2N2O2/c1-12(2)9-22-10-14(17(23)11-22)18(24)21-7-3-4-13-5-6-15(19)16(20)8-13/h5-6,8,12,14H,3-4,7,9-11H2,1-2H3,(H,21,24). The Morgan fingerprint density at radius 1 is 1.33 bits per heavy atom. The number of rotatable bonds is 7. The summed E-state index contributed by atoms with van der Waals surface area (Å²) in [5, 5.41) is 3.96. The molecule has 0 saturated carbocycles. The number of carbonyl (C=O) groups excluding carboxylic acids is 2. The first-order chi connectivity index (χ1) is 11.4. The lowest BCUT2D eigenvalue weighted by atomic mass is 10.1. The van der Waals surface area contributed by atoms with Crippen LogP contribution in [0.25, 0.3) is 0 Å². The zero-order valence-electron chi connectivity index (χ0n) is 14.1. The molecule has 6 heteroatoms. The summed E-state index contributed by atoms with van der Waals surface area (Å²) in [5.74, 6) is -0.155. The first kappa shape index (κ1) is 19.2. The quantitative estimate of drug-likeness (QED) is 0.592. The van der Waals surface area contributed by atoms with Crippen LogP contribution in [0.3, 0.4) is 0 Å². The van der Waals surface area contributed by atoms with Crippen molar-refractivity contribution in [2.45, 2.75) is 26.7 Å². The minimum Gasteiger partial charge on any atom is -0.355 e. The molecule has 132 valence electrons. The van der Waals surface area contributed by atoms with E-state index in [2.05, 4.69) is 24.1 Å². The largest absolute Gasteiger partial charge is 0.355 e. The van der Waals surface area contributed by atoms with Crippen molar-refractivity contribution in [3.05, 3.63) is 33.8 Å². The molecule has 0 aromatic heterocycles. The normalized spacial score (nSPS) is 18.4. The van der Waals surface area contributed by atoms with Crippen LogP contribution in [0.1, 0.15) is 25.8 Å². The summed E-state index contributed by atoms with van der Waals surface area (Å²) in [6.07, 6.45) is 1.59. The smallest absolute Gasteiger partial charge is 0.231 e. The maximum atomic E-state index is 12.2. The number of aryl methyl sites for hydroxylation is 1. The van der Waals surface area contributed by atoms with E-state index in [1.165, 1.54) is 0 Å². The van der Waals surface area contributed by atoms with Gasteiger partial charge in [0.05, 0.1) is 16.6 Å². The van der Waals surface area contributed by atoms with Crippen molar-refractivity contribution in [3.8, 4) is 0 Å². The molecule has 0 spiro atoms. The van der Waals surface area contributed by atoms with Crippen molar-refractivity contribution < 1.29 is 9.59 Å². The van der Waals surface area contributed by atoms with E-state index < -0.39 is 5.92 Å². The van der Waals surface area contributed by atoms with Crippen molar-refractivity contribution in [1.29, 1.82) is 0 Å². The molecular formula is C18H24Cl2N2O2. The number of benzene rings is 1. The van der Waals surface area contributed by atoms with Gasteiger partial charge in [0.1, 0.15) is 5.92 Å². The van der Waals surface area contributed by atoms with Crippen molar-refractivity contribution in [2.24, 2.45) is 11.8 Å². The second kappa shape index (κ2) is 8.84. The van der Waals surface area contributed by atoms with Gasteiger partial charge in [0, 0.05) is 19.6 Å². The maximum absolute atomic E-state index is 12.2. The fourth-order valence-corrected chi connectivity index (χ4v) is 3.28. The van der Waals surface area contributed by atoms with E-state index in [1.807, 2.05) is 12.1 Å². The Bertz CT molecular complexity index is 605. The Morgan fingerprint density at radius 3 is 2.75 bits per heavy atom. The summed E-state index contributed by atoms with van der Waals surface area (Å²) in [6, 6.07) is 5.55. The molecule has 1 saturated heterocycles. The van der Waals surface area contributed by atoms with Gasteiger partial charge in [-0.2, -0.15) is 0 Å². The topological polar surface area (TPSA) is 49.4 Å².